The van der Waals surface area contributed by atoms with Crippen LogP contribution in [0.5, 0.6) is 11.5 Å². The van der Waals surface area contributed by atoms with Gasteiger partial charge in [0.2, 0.25) is 0 Å². The molecule has 0 bridgehead atoms. The summed E-state index contributed by atoms with van der Waals surface area (Å²) in [7, 11) is 0. The Kier molecular flexibility index (Phi) is 7.56. The summed E-state index contributed by atoms with van der Waals surface area (Å²) in [5, 5.41) is 0. The second kappa shape index (κ2) is 10.1. The van der Waals surface area contributed by atoms with Crippen LogP contribution >= 0.6 is 0 Å². The predicted octanol–water partition coefficient (Wildman–Crippen LogP) is 7.98. The summed E-state index contributed by atoms with van der Waals surface area (Å²) in [4.78, 5) is 0. The molecule has 0 fully saturated rings. The first-order chi connectivity index (χ1) is 16.3. The smallest absolute Gasteiger partial charge is 0.429 e. The Balaban J connectivity index is 1.78. The van der Waals surface area contributed by atoms with Crippen LogP contribution in [0.15, 0.2) is 48.5 Å². The molecule has 0 saturated carbocycles. The van der Waals surface area contributed by atoms with Gasteiger partial charge in [-0.05, 0) is 54.8 Å². The molecule has 188 valence electrons. The third-order valence-electron chi connectivity index (χ3n) is 4.85. The van der Waals surface area contributed by atoms with Gasteiger partial charge < -0.3 is 9.47 Å². The van der Waals surface area contributed by atoms with Crippen LogP contribution < -0.4 is 9.47 Å². The maximum absolute atomic E-state index is 14.5. The standard InChI is InChI=1S/C24H17F9O2/c1-2-3-4-13-9-17(25)21(18(26)10-13)24(32,33)34-15-7-5-14(6-8-15)23(30,31)35-16-11-19(27)22(29)20(28)12-16/h5-12H,2-4H2,1H3. The van der Waals surface area contributed by atoms with E-state index in [2.05, 4.69) is 9.47 Å². The van der Waals surface area contributed by atoms with Crippen LogP contribution in [0, 0.1) is 29.1 Å². The molecular formula is C24H17F9O2. The third-order valence-corrected chi connectivity index (χ3v) is 4.85. The fourth-order valence-corrected chi connectivity index (χ4v) is 3.14. The molecular weight excluding hydrogens is 491 g/mol. The van der Waals surface area contributed by atoms with Gasteiger partial charge in [0.25, 0.3) is 0 Å². The first-order valence-corrected chi connectivity index (χ1v) is 10.2. The molecule has 2 nitrogen and oxygen atoms in total. The third kappa shape index (κ3) is 6.01. The molecule has 35 heavy (non-hydrogen) atoms. The van der Waals surface area contributed by atoms with E-state index in [-0.39, 0.29) is 24.1 Å². The van der Waals surface area contributed by atoms with Crippen molar-refractivity contribution in [3.8, 4) is 11.5 Å². The number of alkyl halides is 4. The summed E-state index contributed by atoms with van der Waals surface area (Å²) in [5.74, 6) is -10.2. The van der Waals surface area contributed by atoms with Gasteiger partial charge in [0.05, 0.1) is 5.56 Å². The maximum atomic E-state index is 14.5. The summed E-state index contributed by atoms with van der Waals surface area (Å²) in [6.45, 7) is 1.85. The van der Waals surface area contributed by atoms with Crippen LogP contribution in [0.2, 0.25) is 0 Å². The Labute approximate surface area is 193 Å². The summed E-state index contributed by atoms with van der Waals surface area (Å²) in [6.07, 6.45) is -7.10. The van der Waals surface area contributed by atoms with E-state index in [1.165, 1.54) is 0 Å². The largest absolute Gasteiger partial charge is 0.432 e. The maximum Gasteiger partial charge on any atom is 0.432 e. The molecule has 0 aliphatic heterocycles. The molecule has 11 heteroatoms. The average molecular weight is 508 g/mol. The molecule has 0 saturated heterocycles. The molecule has 0 aliphatic carbocycles. The van der Waals surface area contributed by atoms with E-state index in [4.69, 9.17) is 0 Å². The minimum Gasteiger partial charge on any atom is -0.429 e. The van der Waals surface area contributed by atoms with Gasteiger partial charge in [-0.2, -0.15) is 17.6 Å². The average Bonchev–Trinajstić information content (AvgIpc) is 2.75. The Bertz CT molecular complexity index is 1150. The van der Waals surface area contributed by atoms with Crippen molar-refractivity contribution < 1.29 is 49.0 Å². The van der Waals surface area contributed by atoms with E-state index in [0.29, 0.717) is 30.7 Å². The molecule has 3 aromatic carbocycles. The second-order valence-corrected chi connectivity index (χ2v) is 7.50. The Morgan fingerprint density at radius 1 is 0.657 bits per heavy atom. The van der Waals surface area contributed by atoms with Crippen LogP contribution in [-0.4, -0.2) is 0 Å². The minimum absolute atomic E-state index is 0.189. The van der Waals surface area contributed by atoms with E-state index in [1.54, 1.807) is 0 Å². The number of hydrogen-bond donors (Lipinski definition) is 0. The highest BCUT2D eigenvalue weighted by atomic mass is 19.3. The van der Waals surface area contributed by atoms with Gasteiger partial charge in [-0.3, -0.25) is 0 Å². The molecule has 0 amide bonds. The van der Waals surface area contributed by atoms with Crippen molar-refractivity contribution in [3.63, 3.8) is 0 Å². The highest BCUT2D eigenvalue weighted by Crippen LogP contribution is 2.37. The number of benzene rings is 3. The van der Waals surface area contributed by atoms with Crippen LogP contribution in [0.4, 0.5) is 39.5 Å². The van der Waals surface area contributed by atoms with Gasteiger partial charge in [0.15, 0.2) is 17.5 Å². The van der Waals surface area contributed by atoms with Gasteiger partial charge in [-0.15, -0.1) is 0 Å². The summed E-state index contributed by atoms with van der Waals surface area (Å²) < 4.78 is 134. The summed E-state index contributed by atoms with van der Waals surface area (Å²) in [6, 6.07) is 4.41. The van der Waals surface area contributed by atoms with Crippen molar-refractivity contribution in [2.45, 2.75) is 38.4 Å². The normalized spacial score (nSPS) is 12.1. The van der Waals surface area contributed by atoms with Crippen LogP contribution in [0.3, 0.4) is 0 Å². The van der Waals surface area contributed by atoms with Crippen molar-refractivity contribution in [2.75, 3.05) is 0 Å². The van der Waals surface area contributed by atoms with Crippen LogP contribution in [-0.2, 0) is 18.6 Å². The number of halogens is 9. The monoisotopic (exact) mass is 508 g/mol. The molecule has 0 radical (unpaired) electrons. The Hall–Kier alpha value is -3.37. The molecule has 0 spiro atoms. The van der Waals surface area contributed by atoms with Crippen molar-refractivity contribution in [1.29, 1.82) is 0 Å². The lowest BCUT2D eigenvalue weighted by Crippen LogP contribution is -2.26. The molecule has 3 rings (SSSR count). The molecule has 0 heterocycles. The van der Waals surface area contributed by atoms with E-state index in [1.807, 2.05) is 6.92 Å². The molecule has 0 N–H and O–H groups in total. The number of rotatable bonds is 9. The number of unbranched alkanes of at least 4 members (excludes halogenated alkanes) is 1. The van der Waals surface area contributed by atoms with Gasteiger partial charge in [-0.1, -0.05) is 13.3 Å². The van der Waals surface area contributed by atoms with Crippen molar-refractivity contribution >= 4 is 0 Å². The number of hydrogen-bond acceptors (Lipinski definition) is 2. The lowest BCUT2D eigenvalue weighted by molar-refractivity contribution is -0.190. The zero-order valence-electron chi connectivity index (χ0n) is 18.0. The molecule has 0 aliphatic rings. The Morgan fingerprint density at radius 3 is 1.69 bits per heavy atom. The van der Waals surface area contributed by atoms with Crippen LogP contribution in [0.25, 0.3) is 0 Å². The van der Waals surface area contributed by atoms with Crippen molar-refractivity contribution in [1.82, 2.24) is 0 Å². The van der Waals surface area contributed by atoms with Gasteiger partial charge in [-0.25, -0.2) is 22.0 Å². The van der Waals surface area contributed by atoms with Gasteiger partial charge in [0, 0.05) is 12.1 Å². The number of aryl methyl sites for hydroxylation is 1. The second-order valence-electron chi connectivity index (χ2n) is 7.50. The highest BCUT2D eigenvalue weighted by Gasteiger charge is 2.41. The fraction of sp³-hybridized carbons (Fsp3) is 0.250. The highest BCUT2D eigenvalue weighted by molar-refractivity contribution is 5.33. The lowest BCUT2D eigenvalue weighted by atomic mass is 10.0. The molecule has 0 aromatic heterocycles. The zero-order chi connectivity index (χ0) is 26.0. The quantitative estimate of drug-likeness (QED) is 0.216. The van der Waals surface area contributed by atoms with Crippen molar-refractivity contribution in [2.24, 2.45) is 0 Å². The SMILES string of the molecule is CCCCc1cc(F)c(C(F)(F)Oc2ccc(C(F)(F)Oc3cc(F)c(F)c(F)c3)cc2)c(F)c1. The van der Waals surface area contributed by atoms with Gasteiger partial charge >= 0.3 is 12.2 Å². The van der Waals surface area contributed by atoms with Crippen LogP contribution in [0.1, 0.15) is 36.5 Å². The van der Waals surface area contributed by atoms with E-state index in [9.17, 15) is 39.5 Å². The minimum atomic E-state index is -4.48. The van der Waals surface area contributed by atoms with E-state index >= 15 is 0 Å². The molecule has 0 atom stereocenters. The number of ether oxygens (including phenoxy) is 2. The lowest BCUT2D eigenvalue weighted by Gasteiger charge is -2.21. The van der Waals surface area contributed by atoms with Crippen molar-refractivity contribution in [3.05, 3.63) is 94.3 Å². The van der Waals surface area contributed by atoms with Gasteiger partial charge in [0.1, 0.15) is 28.7 Å². The first-order valence-electron chi connectivity index (χ1n) is 10.2. The fourth-order valence-electron chi connectivity index (χ4n) is 3.14. The first kappa shape index (κ1) is 26.2. The molecule has 0 unspecified atom stereocenters. The Morgan fingerprint density at radius 2 is 1.17 bits per heavy atom. The summed E-state index contributed by atoms with van der Waals surface area (Å²) in [5.41, 5.74) is -2.40. The predicted molar refractivity (Wildman–Crippen MR) is 107 cm³/mol. The van der Waals surface area contributed by atoms with E-state index < -0.39 is 63.9 Å². The molecule has 3 aromatic rings. The summed E-state index contributed by atoms with van der Waals surface area (Å²) >= 11 is 0. The topological polar surface area (TPSA) is 18.5 Å². The zero-order valence-corrected chi connectivity index (χ0v) is 18.0. The van der Waals surface area contributed by atoms with E-state index in [0.717, 1.165) is 18.6 Å².